The van der Waals surface area contributed by atoms with Gasteiger partial charge in [0.2, 0.25) is 0 Å². The number of carboxylic acid groups (broad SMARTS) is 1. The second-order valence-electron chi connectivity index (χ2n) is 5.82. The summed E-state index contributed by atoms with van der Waals surface area (Å²) in [5.41, 5.74) is 0. The number of carbonyl (C=O) groups excluding carboxylic acids is 1. The number of aliphatic carboxylic acids is 1. The van der Waals surface area contributed by atoms with Gasteiger partial charge in [-0.2, -0.15) is 0 Å². The molecule has 1 aliphatic heterocycles. The van der Waals surface area contributed by atoms with E-state index < -0.39 is 5.97 Å². The van der Waals surface area contributed by atoms with Gasteiger partial charge in [-0.05, 0) is 19.3 Å². The zero-order valence-electron chi connectivity index (χ0n) is 11.1. The number of amides is 2. The number of hydrogen-bond acceptors (Lipinski definition) is 2. The van der Waals surface area contributed by atoms with Crippen molar-refractivity contribution >= 4 is 12.0 Å². The lowest BCUT2D eigenvalue weighted by atomic mass is 9.87. The summed E-state index contributed by atoms with van der Waals surface area (Å²) in [6.07, 6.45) is 3.65. The molecule has 0 radical (unpaired) electrons. The smallest absolute Gasteiger partial charge is 0.317 e. The van der Waals surface area contributed by atoms with Crippen molar-refractivity contribution in [2.45, 2.75) is 39.2 Å². The highest BCUT2D eigenvalue weighted by Crippen LogP contribution is 2.33. The fraction of sp³-hybridized carbons (Fsp3) is 0.846. The topological polar surface area (TPSA) is 69.6 Å². The fourth-order valence-corrected chi connectivity index (χ4v) is 2.41. The number of likely N-dealkylation sites (tertiary alicyclic amines) is 1. The summed E-state index contributed by atoms with van der Waals surface area (Å²) in [4.78, 5) is 24.3. The second kappa shape index (κ2) is 5.16. The summed E-state index contributed by atoms with van der Waals surface area (Å²) in [5, 5.41) is 11.9. The average Bonchev–Trinajstić information content (AvgIpc) is 2.98. The van der Waals surface area contributed by atoms with Gasteiger partial charge in [0.15, 0.2) is 0 Å². The highest BCUT2D eigenvalue weighted by Gasteiger charge is 2.37. The number of carboxylic acids is 1. The first-order valence-electron chi connectivity index (χ1n) is 6.75. The quantitative estimate of drug-likeness (QED) is 0.781. The van der Waals surface area contributed by atoms with E-state index in [4.69, 9.17) is 5.11 Å². The van der Waals surface area contributed by atoms with Crippen LogP contribution < -0.4 is 5.32 Å². The zero-order valence-corrected chi connectivity index (χ0v) is 11.1. The van der Waals surface area contributed by atoms with Crippen LogP contribution in [0.1, 0.15) is 33.1 Å². The van der Waals surface area contributed by atoms with Crippen LogP contribution in [-0.4, -0.2) is 41.1 Å². The first-order valence-corrected chi connectivity index (χ1v) is 6.75. The van der Waals surface area contributed by atoms with Gasteiger partial charge < -0.3 is 15.3 Å². The van der Waals surface area contributed by atoms with Crippen molar-refractivity contribution < 1.29 is 14.7 Å². The van der Waals surface area contributed by atoms with Gasteiger partial charge in [0, 0.05) is 25.0 Å². The number of carbonyl (C=O) groups is 2. The Morgan fingerprint density at radius 3 is 2.44 bits per heavy atom. The van der Waals surface area contributed by atoms with E-state index in [0.29, 0.717) is 13.1 Å². The molecule has 2 atom stereocenters. The molecule has 5 nitrogen and oxygen atoms in total. The molecule has 2 aliphatic rings. The Labute approximate surface area is 108 Å². The fourth-order valence-electron chi connectivity index (χ4n) is 2.41. The maximum Gasteiger partial charge on any atom is 0.317 e. The predicted molar refractivity (Wildman–Crippen MR) is 67.2 cm³/mol. The number of nitrogens with zero attached hydrogens (tertiary/aromatic N) is 1. The van der Waals surface area contributed by atoms with Gasteiger partial charge in [-0.25, -0.2) is 4.79 Å². The van der Waals surface area contributed by atoms with Crippen molar-refractivity contribution in [3.05, 3.63) is 0 Å². The van der Waals surface area contributed by atoms with Crippen LogP contribution in [0.5, 0.6) is 0 Å². The summed E-state index contributed by atoms with van der Waals surface area (Å²) in [6, 6.07) is 0.179. The maximum absolute atomic E-state index is 11.8. The van der Waals surface area contributed by atoms with Crippen molar-refractivity contribution in [2.75, 3.05) is 13.1 Å². The Morgan fingerprint density at radius 1 is 1.33 bits per heavy atom. The van der Waals surface area contributed by atoms with E-state index in [1.165, 1.54) is 12.8 Å². The van der Waals surface area contributed by atoms with Gasteiger partial charge in [0.05, 0.1) is 5.92 Å². The van der Waals surface area contributed by atoms with Crippen molar-refractivity contribution in [1.29, 1.82) is 0 Å². The predicted octanol–water partition coefficient (Wildman–Crippen LogP) is 1.54. The van der Waals surface area contributed by atoms with Crippen LogP contribution in [0.25, 0.3) is 0 Å². The SMILES string of the molecule is CC(CC1CC1)NC(=O)N1CC(C(C)C(=O)O)C1. The van der Waals surface area contributed by atoms with Crippen LogP contribution in [0.3, 0.4) is 0 Å². The Morgan fingerprint density at radius 2 is 1.94 bits per heavy atom. The molecule has 2 amide bonds. The Bertz CT molecular complexity index is 335. The Kier molecular flexibility index (Phi) is 3.78. The third-order valence-electron chi connectivity index (χ3n) is 4.05. The van der Waals surface area contributed by atoms with Crippen LogP contribution in [0, 0.1) is 17.8 Å². The number of urea groups is 1. The second-order valence-corrected chi connectivity index (χ2v) is 5.82. The van der Waals surface area contributed by atoms with Crippen LogP contribution in [-0.2, 0) is 4.79 Å². The maximum atomic E-state index is 11.8. The molecule has 18 heavy (non-hydrogen) atoms. The molecule has 2 fully saturated rings. The molecule has 0 bridgehead atoms. The molecule has 0 aromatic carbocycles. The van der Waals surface area contributed by atoms with Crippen molar-refractivity contribution in [3.63, 3.8) is 0 Å². The average molecular weight is 254 g/mol. The molecule has 1 heterocycles. The van der Waals surface area contributed by atoms with Crippen molar-refractivity contribution in [3.8, 4) is 0 Å². The first kappa shape index (κ1) is 13.2. The summed E-state index contributed by atoms with van der Waals surface area (Å²) in [5.74, 6) is -0.233. The minimum Gasteiger partial charge on any atom is -0.481 e. The van der Waals surface area contributed by atoms with Gasteiger partial charge in [0.1, 0.15) is 0 Å². The third kappa shape index (κ3) is 3.15. The molecule has 1 saturated heterocycles. The van der Waals surface area contributed by atoms with Crippen molar-refractivity contribution in [2.24, 2.45) is 17.8 Å². The lowest BCUT2D eigenvalue weighted by molar-refractivity contribution is -0.144. The van der Waals surface area contributed by atoms with E-state index in [1.54, 1.807) is 11.8 Å². The monoisotopic (exact) mass is 254 g/mol. The molecular formula is C13H22N2O3. The van der Waals surface area contributed by atoms with Crippen LogP contribution >= 0.6 is 0 Å². The van der Waals surface area contributed by atoms with Crippen LogP contribution in [0.15, 0.2) is 0 Å². The zero-order chi connectivity index (χ0) is 13.3. The lowest BCUT2D eigenvalue weighted by Crippen LogP contribution is -2.57. The first-order chi connectivity index (χ1) is 8.47. The minimum absolute atomic E-state index is 0.0445. The summed E-state index contributed by atoms with van der Waals surface area (Å²) >= 11 is 0. The lowest BCUT2D eigenvalue weighted by Gasteiger charge is -2.41. The van der Waals surface area contributed by atoms with Gasteiger partial charge in [-0.1, -0.05) is 19.8 Å². The highest BCUT2D eigenvalue weighted by molar-refractivity contribution is 5.76. The molecule has 5 heteroatoms. The van der Waals surface area contributed by atoms with E-state index >= 15 is 0 Å². The Hall–Kier alpha value is -1.26. The molecule has 1 saturated carbocycles. The van der Waals surface area contributed by atoms with Gasteiger partial charge >= 0.3 is 12.0 Å². The molecule has 2 unspecified atom stereocenters. The number of rotatable bonds is 5. The van der Waals surface area contributed by atoms with E-state index in [2.05, 4.69) is 5.32 Å². The van der Waals surface area contributed by atoms with Crippen molar-refractivity contribution in [1.82, 2.24) is 10.2 Å². The largest absolute Gasteiger partial charge is 0.481 e. The molecule has 1 aliphatic carbocycles. The summed E-state index contributed by atoms with van der Waals surface area (Å²) < 4.78 is 0. The van der Waals surface area contributed by atoms with Gasteiger partial charge in [-0.15, -0.1) is 0 Å². The number of nitrogens with one attached hydrogen (secondary N) is 1. The molecule has 2 N–H and O–H groups in total. The van der Waals surface area contributed by atoms with Gasteiger partial charge in [-0.3, -0.25) is 4.79 Å². The van der Waals surface area contributed by atoms with E-state index in [-0.39, 0.29) is 23.9 Å². The van der Waals surface area contributed by atoms with Crippen LogP contribution in [0.2, 0.25) is 0 Å². The molecule has 2 rings (SSSR count). The summed E-state index contributed by atoms with van der Waals surface area (Å²) in [7, 11) is 0. The molecule has 0 aromatic heterocycles. The van der Waals surface area contributed by atoms with E-state index in [9.17, 15) is 9.59 Å². The summed E-state index contributed by atoms with van der Waals surface area (Å²) in [6.45, 7) is 4.87. The standard InChI is InChI=1S/C13H22N2O3/c1-8(5-10-3-4-10)14-13(18)15-6-11(7-15)9(2)12(16)17/h8-11H,3-7H2,1-2H3,(H,14,18)(H,16,17). The van der Waals surface area contributed by atoms with Gasteiger partial charge in [0.25, 0.3) is 0 Å². The Balaban J connectivity index is 1.67. The normalized spacial score (nSPS) is 23.1. The molecule has 0 aromatic rings. The van der Waals surface area contributed by atoms with E-state index in [1.807, 2.05) is 6.92 Å². The molecular weight excluding hydrogens is 232 g/mol. The highest BCUT2D eigenvalue weighted by atomic mass is 16.4. The molecule has 102 valence electrons. The van der Waals surface area contributed by atoms with Crippen LogP contribution in [0.4, 0.5) is 4.79 Å². The van der Waals surface area contributed by atoms with E-state index in [0.717, 1.165) is 12.3 Å². The third-order valence-corrected chi connectivity index (χ3v) is 4.05. The molecule has 0 spiro atoms. The number of hydrogen-bond donors (Lipinski definition) is 2. The minimum atomic E-state index is -0.776.